The van der Waals surface area contributed by atoms with Gasteiger partial charge in [-0.05, 0) is 49.3 Å². The van der Waals surface area contributed by atoms with Crippen molar-refractivity contribution in [3.05, 3.63) is 0 Å². The maximum absolute atomic E-state index is 10.5. The minimum Gasteiger partial charge on any atom is -0.342 e. The Hall–Kier alpha value is 0.880. The lowest BCUT2D eigenvalue weighted by atomic mass is 9.75. The van der Waals surface area contributed by atoms with Gasteiger partial charge in [0.25, 0.3) is 0 Å². The summed E-state index contributed by atoms with van der Waals surface area (Å²) in [6, 6.07) is 0.712. The number of hydrogen-bond donors (Lipinski definition) is 3. The van der Waals surface area contributed by atoms with E-state index in [2.05, 4.69) is 17.9 Å². The molecular weight excluding hydrogens is 307 g/mol. The van der Waals surface area contributed by atoms with Crippen molar-refractivity contribution >= 4 is 31.2 Å². The average Bonchev–Trinajstić information content (AvgIpc) is 2.72. The van der Waals surface area contributed by atoms with E-state index in [1.54, 1.807) is 0 Å². The lowest BCUT2D eigenvalue weighted by Gasteiger charge is -2.37. The molecule has 3 fully saturated rings. The lowest BCUT2D eigenvalue weighted by molar-refractivity contribution is 0.180. The second-order valence-corrected chi connectivity index (χ2v) is 10.9. The van der Waals surface area contributed by atoms with Crippen molar-refractivity contribution in [3.63, 3.8) is 0 Å². The Labute approximate surface area is 133 Å². The van der Waals surface area contributed by atoms with Crippen LogP contribution in [0.3, 0.4) is 0 Å². The first-order valence-corrected chi connectivity index (χ1v) is 11.3. The highest BCUT2D eigenvalue weighted by atomic mass is 32.5. The smallest absolute Gasteiger partial charge is 0.208 e. The van der Waals surface area contributed by atoms with Crippen molar-refractivity contribution in [2.24, 2.45) is 11.8 Å². The topological polar surface area (TPSA) is 35.5 Å². The number of nitrogens with one attached hydrogen (secondary N) is 1. The van der Waals surface area contributed by atoms with Crippen molar-refractivity contribution in [2.45, 2.75) is 76.3 Å². The van der Waals surface area contributed by atoms with Crippen molar-refractivity contribution in [2.75, 3.05) is 0 Å². The summed E-state index contributed by atoms with van der Waals surface area (Å²) in [5, 5.41) is 3.43. The molecule has 3 atom stereocenters. The maximum atomic E-state index is 10.5. The number of nitrogens with zero attached hydrogens (tertiary/aromatic N) is 1. The zero-order valence-corrected chi connectivity index (χ0v) is 14.7. The Morgan fingerprint density at radius 2 is 1.45 bits per heavy atom. The summed E-state index contributed by atoms with van der Waals surface area (Å²) in [6.45, 7) is -2.60. The van der Waals surface area contributed by atoms with E-state index >= 15 is 0 Å². The van der Waals surface area contributed by atoms with Gasteiger partial charge in [0, 0.05) is 12.1 Å². The van der Waals surface area contributed by atoms with E-state index in [0.717, 1.165) is 0 Å². The predicted molar refractivity (Wildman–Crippen MR) is 91.2 cm³/mol. The van der Waals surface area contributed by atoms with Crippen molar-refractivity contribution in [1.29, 1.82) is 0 Å². The molecule has 2 aliphatic carbocycles. The van der Waals surface area contributed by atoms with Gasteiger partial charge in [0.05, 0.1) is 0 Å². The Morgan fingerprint density at radius 1 is 0.950 bits per heavy atom. The molecule has 116 valence electrons. The molecule has 0 bridgehead atoms. The first kappa shape index (κ1) is 15.8. The predicted octanol–water partition coefficient (Wildman–Crippen LogP) is 3.85. The van der Waals surface area contributed by atoms with Gasteiger partial charge in [0.1, 0.15) is 0 Å². The van der Waals surface area contributed by atoms with Crippen LogP contribution in [0.5, 0.6) is 0 Å². The summed E-state index contributed by atoms with van der Waals surface area (Å²) in [4.78, 5) is 10.5. The Balaban J connectivity index is 1.79. The molecule has 0 amide bonds. The van der Waals surface area contributed by atoms with Crippen LogP contribution in [0.25, 0.3) is 0 Å². The quantitative estimate of drug-likeness (QED) is 0.529. The molecule has 3 aliphatic rings. The van der Waals surface area contributed by atoms with Gasteiger partial charge >= 0.3 is 0 Å². The second kappa shape index (κ2) is 6.55. The fourth-order valence-electron chi connectivity index (χ4n) is 4.49. The molecule has 0 radical (unpaired) electrons. The fourth-order valence-corrected chi connectivity index (χ4v) is 7.23. The van der Waals surface area contributed by atoms with Gasteiger partial charge in [-0.3, -0.25) is 5.09 Å². The summed E-state index contributed by atoms with van der Waals surface area (Å²) in [6.07, 6.45) is 13.2. The van der Waals surface area contributed by atoms with Crippen molar-refractivity contribution in [1.82, 2.24) is 9.16 Å². The number of thiol groups is 1. The van der Waals surface area contributed by atoms with E-state index < -0.39 is 6.57 Å². The van der Waals surface area contributed by atoms with E-state index in [0.29, 0.717) is 23.9 Å². The van der Waals surface area contributed by atoms with Crippen LogP contribution in [0.4, 0.5) is 0 Å². The third-order valence-electron chi connectivity index (χ3n) is 5.52. The summed E-state index contributed by atoms with van der Waals surface area (Å²) in [5.41, 5.74) is 0. The molecule has 1 heterocycles. The number of hydrogen-bond acceptors (Lipinski definition) is 2. The standard InChI is InChI=1S/C14H27N2OPS2/c17-18(20)15-13(11-7-3-1-4-8-11)14(16(18)19)12-9-5-2-6-10-12/h11-14,19H,1-10H2,(H2,15,17,20). The Morgan fingerprint density at radius 3 is 2.00 bits per heavy atom. The largest absolute Gasteiger partial charge is 0.342 e. The molecule has 3 unspecified atom stereocenters. The Bertz CT molecular complexity index is 383. The zero-order chi connectivity index (χ0) is 14.2. The van der Waals surface area contributed by atoms with Gasteiger partial charge < -0.3 is 4.89 Å². The Kier molecular flexibility index (Phi) is 5.17. The molecule has 0 spiro atoms. The van der Waals surface area contributed by atoms with E-state index in [9.17, 15) is 4.89 Å². The van der Waals surface area contributed by atoms with Gasteiger partial charge in [-0.2, -0.15) is 4.08 Å². The van der Waals surface area contributed by atoms with Gasteiger partial charge in [-0.25, -0.2) is 0 Å². The minimum atomic E-state index is -2.60. The fraction of sp³-hybridized carbons (Fsp3) is 1.00. The second-order valence-electron chi connectivity index (χ2n) is 6.81. The highest BCUT2D eigenvalue weighted by Crippen LogP contribution is 2.56. The van der Waals surface area contributed by atoms with Crippen LogP contribution < -0.4 is 5.09 Å². The first-order valence-electron chi connectivity index (χ1n) is 8.19. The molecule has 2 N–H and O–H groups in total. The molecule has 2 saturated carbocycles. The molecule has 3 nitrogen and oxygen atoms in total. The highest BCUT2D eigenvalue weighted by molar-refractivity contribution is 8.13. The molecule has 1 saturated heterocycles. The van der Waals surface area contributed by atoms with E-state index in [4.69, 9.17) is 11.8 Å². The molecule has 0 aromatic heterocycles. The minimum absolute atomic E-state index is 0.345. The molecule has 3 rings (SSSR count). The third-order valence-corrected chi connectivity index (χ3v) is 9.23. The maximum Gasteiger partial charge on any atom is 0.208 e. The van der Waals surface area contributed by atoms with Crippen LogP contribution in [0.15, 0.2) is 0 Å². The van der Waals surface area contributed by atoms with Gasteiger partial charge in [-0.1, -0.05) is 51.3 Å². The van der Waals surface area contributed by atoms with Crippen LogP contribution in [-0.2, 0) is 11.8 Å². The first-order chi connectivity index (χ1) is 9.59. The molecule has 1 aliphatic heterocycles. The van der Waals surface area contributed by atoms with Crippen LogP contribution in [0.1, 0.15) is 64.2 Å². The molecule has 0 aromatic rings. The summed E-state index contributed by atoms with van der Waals surface area (Å²) in [7, 11) is 0. The molecule has 20 heavy (non-hydrogen) atoms. The molecule has 0 aromatic carbocycles. The lowest BCUT2D eigenvalue weighted by Crippen LogP contribution is -2.45. The van der Waals surface area contributed by atoms with Crippen molar-refractivity contribution < 1.29 is 4.89 Å². The summed E-state index contributed by atoms with van der Waals surface area (Å²) < 4.78 is 1.86. The average molecular weight is 334 g/mol. The van der Waals surface area contributed by atoms with Crippen LogP contribution in [-0.4, -0.2) is 21.1 Å². The van der Waals surface area contributed by atoms with Crippen LogP contribution in [0, 0.1) is 11.8 Å². The third kappa shape index (κ3) is 3.13. The monoisotopic (exact) mass is 334 g/mol. The molecule has 6 heteroatoms. The van der Waals surface area contributed by atoms with E-state index in [-0.39, 0.29) is 0 Å². The highest BCUT2D eigenvalue weighted by Gasteiger charge is 2.49. The normalized spacial score (nSPS) is 42.1. The van der Waals surface area contributed by atoms with E-state index in [1.165, 1.54) is 64.2 Å². The van der Waals surface area contributed by atoms with E-state index in [1.807, 2.05) is 4.08 Å². The summed E-state index contributed by atoms with van der Waals surface area (Å²) in [5.74, 6) is 1.35. The molecular formula is C14H27N2OPS2. The number of rotatable bonds is 2. The van der Waals surface area contributed by atoms with Crippen molar-refractivity contribution in [3.8, 4) is 0 Å². The van der Waals surface area contributed by atoms with Crippen LogP contribution in [0.2, 0.25) is 0 Å². The zero-order valence-electron chi connectivity index (χ0n) is 12.1. The van der Waals surface area contributed by atoms with Crippen LogP contribution >= 0.6 is 19.4 Å². The SMILES string of the molecule is OP1(=S)NC(C2CCCCC2)C(C2CCCCC2)N1S. The van der Waals surface area contributed by atoms with Gasteiger partial charge in [-0.15, -0.1) is 0 Å². The van der Waals surface area contributed by atoms with Gasteiger partial charge in [0.2, 0.25) is 6.57 Å². The van der Waals surface area contributed by atoms with Gasteiger partial charge in [0.15, 0.2) is 0 Å². The summed E-state index contributed by atoms with van der Waals surface area (Å²) >= 11 is 10.1.